The smallest absolute Gasteiger partial charge is 0.407 e. The van der Waals surface area contributed by atoms with Gasteiger partial charge in [-0.1, -0.05) is 48.5 Å². The fraction of sp³-hybridized carbons (Fsp3) is 0.333. The molecule has 0 heterocycles. The van der Waals surface area contributed by atoms with Gasteiger partial charge in [0.1, 0.15) is 12.6 Å². The minimum atomic E-state index is -1.11. The largest absolute Gasteiger partial charge is 0.480 e. The van der Waals surface area contributed by atoms with Crippen molar-refractivity contribution in [2.24, 2.45) is 0 Å². The first kappa shape index (κ1) is 20.1. The zero-order valence-corrected chi connectivity index (χ0v) is 15.9. The molecule has 1 unspecified atom stereocenters. The number of diazo groups is 1. The van der Waals surface area contributed by atoms with Crippen molar-refractivity contribution in [2.45, 2.75) is 31.2 Å². The van der Waals surface area contributed by atoms with E-state index in [2.05, 4.69) is 15.8 Å². The Balaban J connectivity index is 1.57. The van der Waals surface area contributed by atoms with Crippen molar-refractivity contribution in [1.82, 2.24) is 10.7 Å². The van der Waals surface area contributed by atoms with Crippen LogP contribution in [0.1, 0.15) is 36.3 Å². The number of rotatable bonds is 9. The molecule has 3 N–H and O–H groups in total. The Morgan fingerprint density at radius 3 is 2.28 bits per heavy atom. The number of amides is 1. The van der Waals surface area contributed by atoms with E-state index in [0.717, 1.165) is 22.3 Å². The molecular formula is C21H23N4O4+. The zero-order valence-electron chi connectivity index (χ0n) is 15.9. The van der Waals surface area contributed by atoms with Crippen LogP contribution >= 0.6 is 0 Å². The van der Waals surface area contributed by atoms with Crippen LogP contribution in [0.4, 0.5) is 4.79 Å². The van der Waals surface area contributed by atoms with E-state index in [-0.39, 0.29) is 18.9 Å². The third kappa shape index (κ3) is 4.82. The summed E-state index contributed by atoms with van der Waals surface area (Å²) in [7, 11) is 0. The normalized spacial score (nSPS) is 12.9. The second kappa shape index (κ2) is 9.55. The quantitative estimate of drug-likeness (QED) is 0.340. The zero-order chi connectivity index (χ0) is 20.6. The molecule has 0 spiro atoms. The predicted octanol–water partition coefficient (Wildman–Crippen LogP) is 3.51. The monoisotopic (exact) mass is 395 g/mol. The molecule has 150 valence electrons. The van der Waals surface area contributed by atoms with Crippen molar-refractivity contribution in [1.29, 1.82) is 5.39 Å². The van der Waals surface area contributed by atoms with Gasteiger partial charge in [-0.25, -0.2) is 9.59 Å². The van der Waals surface area contributed by atoms with Crippen molar-refractivity contribution >= 4 is 12.1 Å². The van der Waals surface area contributed by atoms with E-state index < -0.39 is 18.1 Å². The first-order valence-electron chi connectivity index (χ1n) is 9.53. The van der Waals surface area contributed by atoms with Crippen molar-refractivity contribution in [3.63, 3.8) is 0 Å². The van der Waals surface area contributed by atoms with Gasteiger partial charge >= 0.3 is 17.1 Å². The van der Waals surface area contributed by atoms with Gasteiger partial charge in [0.2, 0.25) is 0 Å². The lowest BCUT2D eigenvalue weighted by molar-refractivity contribution is -0.139. The molecule has 3 rings (SSSR count). The molecular weight excluding hydrogens is 372 g/mol. The maximum absolute atomic E-state index is 12.2. The first-order chi connectivity index (χ1) is 14.1. The van der Waals surface area contributed by atoms with Crippen LogP contribution in [0.15, 0.2) is 48.5 Å². The Labute approximate surface area is 168 Å². The van der Waals surface area contributed by atoms with Gasteiger partial charge in [0.05, 0.1) is 6.54 Å². The number of aliphatic carboxylic acids is 1. The number of carbonyl (C=O) groups is 2. The van der Waals surface area contributed by atoms with Gasteiger partial charge in [-0.15, -0.1) is 0 Å². The summed E-state index contributed by atoms with van der Waals surface area (Å²) in [5, 5.41) is 22.8. The minimum Gasteiger partial charge on any atom is -0.480 e. The molecule has 0 saturated carbocycles. The third-order valence-corrected chi connectivity index (χ3v) is 5.04. The number of ether oxygens (including phenoxy) is 1. The third-order valence-electron chi connectivity index (χ3n) is 5.04. The van der Waals surface area contributed by atoms with Crippen LogP contribution in [0.5, 0.6) is 0 Å². The average molecular weight is 395 g/mol. The Bertz CT molecular complexity index is 879. The van der Waals surface area contributed by atoms with Crippen molar-refractivity contribution in [3.8, 4) is 11.1 Å². The summed E-state index contributed by atoms with van der Waals surface area (Å²) in [6.07, 6.45) is 0.665. The molecule has 0 aromatic heterocycles. The van der Waals surface area contributed by atoms with Gasteiger partial charge in [0, 0.05) is 5.92 Å². The van der Waals surface area contributed by atoms with Crippen LogP contribution in [-0.4, -0.2) is 36.4 Å². The molecule has 8 nitrogen and oxygen atoms in total. The number of unbranched alkanes of at least 4 members (excludes halogenated alkanes) is 1. The molecule has 1 atom stereocenters. The Morgan fingerprint density at radius 2 is 1.69 bits per heavy atom. The molecule has 0 fully saturated rings. The second-order valence-corrected chi connectivity index (χ2v) is 6.86. The standard InChI is InChI=1S/C21H22N4O4/c22-25-23-12-6-5-11-19(20(26)27)24-21(28)29-13-18-16-9-3-1-7-14(16)15-8-2-4-10-17(15)18/h1-4,7-10,18-19,23H,5-6,11-13H2,(H-,24,26,27,28)/p+1. The number of nitrogens with one attached hydrogen (secondary N) is 2. The summed E-state index contributed by atoms with van der Waals surface area (Å²) < 4.78 is 5.39. The van der Waals surface area contributed by atoms with Gasteiger partial charge in [-0.3, -0.25) is 0 Å². The lowest BCUT2D eigenvalue weighted by Gasteiger charge is -2.17. The number of alkyl carbamates (subject to hydrolysis) is 1. The summed E-state index contributed by atoms with van der Waals surface area (Å²) in [5.74, 6) is -1.19. The highest BCUT2D eigenvalue weighted by Crippen LogP contribution is 2.44. The maximum Gasteiger partial charge on any atom is 0.407 e. The second-order valence-electron chi connectivity index (χ2n) is 6.86. The average Bonchev–Trinajstić information content (AvgIpc) is 3.05. The van der Waals surface area contributed by atoms with Gasteiger partial charge in [0.15, 0.2) is 0 Å². The predicted molar refractivity (Wildman–Crippen MR) is 107 cm³/mol. The molecule has 1 aliphatic rings. The molecule has 0 radical (unpaired) electrons. The van der Waals surface area contributed by atoms with Crippen LogP contribution < -0.4 is 10.7 Å². The number of hydrogen-bond donors (Lipinski definition) is 3. The van der Waals surface area contributed by atoms with E-state index >= 15 is 0 Å². The number of carbonyl (C=O) groups excluding carboxylic acids is 1. The number of carboxylic acids is 1. The van der Waals surface area contributed by atoms with Crippen LogP contribution in [0, 0.1) is 5.39 Å². The minimum absolute atomic E-state index is 0.0789. The molecule has 1 aliphatic carbocycles. The highest BCUT2D eigenvalue weighted by atomic mass is 16.5. The lowest BCUT2D eigenvalue weighted by Crippen LogP contribution is -2.41. The molecule has 2 aromatic carbocycles. The molecule has 8 heteroatoms. The Morgan fingerprint density at radius 1 is 1.07 bits per heavy atom. The summed E-state index contributed by atoms with van der Waals surface area (Å²) in [6.45, 7) is 0.557. The Hall–Kier alpha value is -3.60. The molecule has 0 bridgehead atoms. The fourth-order valence-electron chi connectivity index (χ4n) is 3.64. The van der Waals surface area contributed by atoms with E-state index in [1.165, 1.54) is 0 Å². The van der Waals surface area contributed by atoms with E-state index in [9.17, 15) is 14.7 Å². The lowest BCUT2D eigenvalue weighted by atomic mass is 9.98. The summed E-state index contributed by atoms with van der Waals surface area (Å²) in [5.41, 5.74) is 6.83. The summed E-state index contributed by atoms with van der Waals surface area (Å²) in [4.78, 5) is 23.6. The van der Waals surface area contributed by atoms with Crippen LogP contribution in [0.25, 0.3) is 16.2 Å². The molecule has 0 aliphatic heterocycles. The highest BCUT2D eigenvalue weighted by Gasteiger charge is 2.29. The Kier molecular flexibility index (Phi) is 6.63. The molecule has 1 amide bonds. The SMILES string of the molecule is N#[N+]NCCCCC(NC(=O)OCC1c2ccccc2-c2ccccc21)C(=O)O. The van der Waals surface area contributed by atoms with Crippen LogP contribution in [0.3, 0.4) is 0 Å². The van der Waals surface area contributed by atoms with Crippen molar-refractivity contribution in [2.75, 3.05) is 13.2 Å². The number of benzene rings is 2. The van der Waals surface area contributed by atoms with Gasteiger partial charge in [-0.05, 0) is 46.9 Å². The molecule has 2 aromatic rings. The van der Waals surface area contributed by atoms with Crippen LogP contribution in [0.2, 0.25) is 0 Å². The van der Waals surface area contributed by atoms with E-state index in [4.69, 9.17) is 10.1 Å². The number of nitrogens with zero attached hydrogens (tertiary/aromatic N) is 2. The summed E-state index contributed by atoms with van der Waals surface area (Å²) in [6, 6.07) is 15.0. The van der Waals surface area contributed by atoms with E-state index in [1.807, 2.05) is 48.5 Å². The van der Waals surface area contributed by atoms with Crippen LogP contribution in [-0.2, 0) is 9.53 Å². The topological polar surface area (TPSA) is 116 Å². The maximum atomic E-state index is 12.2. The van der Waals surface area contributed by atoms with Gasteiger partial charge in [-0.2, -0.15) is 0 Å². The fourth-order valence-corrected chi connectivity index (χ4v) is 3.64. The number of hydrogen-bond acceptors (Lipinski definition) is 5. The number of carboxylic acid groups (broad SMARTS) is 1. The van der Waals surface area contributed by atoms with Crippen molar-refractivity contribution in [3.05, 3.63) is 64.7 Å². The number of fused-ring (bicyclic) bond motifs is 3. The molecule has 0 saturated heterocycles. The van der Waals surface area contributed by atoms with Gasteiger partial charge < -0.3 is 15.2 Å². The first-order valence-corrected chi connectivity index (χ1v) is 9.53. The van der Waals surface area contributed by atoms with E-state index in [1.54, 1.807) is 0 Å². The summed E-state index contributed by atoms with van der Waals surface area (Å²) >= 11 is 0. The molecule has 29 heavy (non-hydrogen) atoms. The van der Waals surface area contributed by atoms with Gasteiger partial charge in [0.25, 0.3) is 5.39 Å². The van der Waals surface area contributed by atoms with Crippen molar-refractivity contribution < 1.29 is 19.4 Å². The van der Waals surface area contributed by atoms with E-state index in [0.29, 0.717) is 19.4 Å². The highest BCUT2D eigenvalue weighted by molar-refractivity contribution is 5.81.